The van der Waals surface area contributed by atoms with E-state index in [1.165, 1.54) is 7.11 Å². The van der Waals surface area contributed by atoms with E-state index < -0.39 is 0 Å². The topological polar surface area (TPSA) is 50.7 Å². The van der Waals surface area contributed by atoms with Crippen molar-refractivity contribution < 1.29 is 9.63 Å². The third-order valence-corrected chi connectivity index (χ3v) is 5.74. The first-order valence-electron chi connectivity index (χ1n) is 8.25. The Labute approximate surface area is 169 Å². The number of carbonyl (C=O) groups excluding carboxylic acids is 1. The van der Waals surface area contributed by atoms with Crippen LogP contribution in [0.3, 0.4) is 0 Å². The van der Waals surface area contributed by atoms with Gasteiger partial charge in [-0.3, -0.25) is 9.63 Å². The average molecular weight is 439 g/mol. The van der Waals surface area contributed by atoms with Crippen molar-refractivity contribution in [2.24, 2.45) is 4.99 Å². The van der Waals surface area contributed by atoms with Crippen LogP contribution in [0.15, 0.2) is 86.0 Å². The summed E-state index contributed by atoms with van der Waals surface area (Å²) < 4.78 is 0.991. The molecule has 1 N–H and O–H groups in total. The molecule has 4 nitrogen and oxygen atoms in total. The predicted octanol–water partition coefficient (Wildman–Crippen LogP) is 5.37. The van der Waals surface area contributed by atoms with E-state index in [9.17, 15) is 4.79 Å². The molecule has 1 heterocycles. The fourth-order valence-electron chi connectivity index (χ4n) is 2.89. The average Bonchev–Trinajstić information content (AvgIpc) is 2.84. The SMILES string of the molecule is CONC(=O)c1ccc2c(c1)N=C(c1cccc(Br)c1)c1ccccc1S2. The number of halogens is 1. The number of nitrogens with zero attached hydrogens (tertiary/aromatic N) is 1. The number of carbonyl (C=O) groups is 1. The van der Waals surface area contributed by atoms with E-state index in [1.807, 2.05) is 42.5 Å². The van der Waals surface area contributed by atoms with Gasteiger partial charge < -0.3 is 0 Å². The van der Waals surface area contributed by atoms with Crippen molar-refractivity contribution in [1.82, 2.24) is 5.48 Å². The number of hydrogen-bond acceptors (Lipinski definition) is 4. The standard InChI is InChI=1S/C21H15BrN2O2S/c1-26-24-21(25)14-9-10-19-17(12-14)23-20(13-5-4-6-15(22)11-13)16-7-2-3-8-18(16)27-19/h2-12H,1H3,(H,24,25). The highest BCUT2D eigenvalue weighted by Gasteiger charge is 2.20. The summed E-state index contributed by atoms with van der Waals surface area (Å²) >= 11 is 5.19. The van der Waals surface area contributed by atoms with Gasteiger partial charge in [-0.1, -0.05) is 58.0 Å². The molecule has 0 saturated carbocycles. The number of nitrogens with one attached hydrogen (secondary N) is 1. The molecular formula is C21H15BrN2O2S. The maximum absolute atomic E-state index is 12.1. The van der Waals surface area contributed by atoms with Crippen LogP contribution in [0.2, 0.25) is 0 Å². The van der Waals surface area contributed by atoms with Crippen molar-refractivity contribution in [2.45, 2.75) is 9.79 Å². The van der Waals surface area contributed by atoms with Gasteiger partial charge in [0.1, 0.15) is 0 Å². The van der Waals surface area contributed by atoms with E-state index in [-0.39, 0.29) is 5.91 Å². The summed E-state index contributed by atoms with van der Waals surface area (Å²) in [4.78, 5) is 23.9. The van der Waals surface area contributed by atoms with E-state index in [1.54, 1.807) is 23.9 Å². The molecule has 1 aliphatic heterocycles. The molecule has 0 saturated heterocycles. The van der Waals surface area contributed by atoms with Crippen LogP contribution in [0, 0.1) is 0 Å². The van der Waals surface area contributed by atoms with Gasteiger partial charge in [0.05, 0.1) is 18.5 Å². The molecule has 27 heavy (non-hydrogen) atoms. The molecule has 1 amide bonds. The van der Waals surface area contributed by atoms with Gasteiger partial charge in [-0.2, -0.15) is 0 Å². The van der Waals surface area contributed by atoms with E-state index in [4.69, 9.17) is 9.83 Å². The Bertz CT molecular complexity index is 1070. The maximum atomic E-state index is 12.1. The molecule has 134 valence electrons. The van der Waals surface area contributed by atoms with Crippen LogP contribution in [0.25, 0.3) is 0 Å². The summed E-state index contributed by atoms with van der Waals surface area (Å²) in [7, 11) is 1.41. The van der Waals surface area contributed by atoms with Crippen molar-refractivity contribution in [3.8, 4) is 0 Å². The minimum atomic E-state index is -0.300. The van der Waals surface area contributed by atoms with Gasteiger partial charge in [0.15, 0.2) is 0 Å². The number of benzene rings is 3. The van der Waals surface area contributed by atoms with Gasteiger partial charge in [0.2, 0.25) is 0 Å². The fourth-order valence-corrected chi connectivity index (χ4v) is 4.29. The molecule has 0 unspecified atom stereocenters. The lowest BCUT2D eigenvalue weighted by molar-refractivity contribution is 0.0537. The summed E-state index contributed by atoms with van der Waals surface area (Å²) in [5, 5.41) is 0. The second kappa shape index (κ2) is 7.68. The first kappa shape index (κ1) is 18.0. The highest BCUT2D eigenvalue weighted by molar-refractivity contribution is 9.10. The summed E-state index contributed by atoms with van der Waals surface area (Å²) in [6.07, 6.45) is 0. The first-order chi connectivity index (χ1) is 13.2. The summed E-state index contributed by atoms with van der Waals surface area (Å²) in [6.45, 7) is 0. The van der Waals surface area contributed by atoms with Crippen molar-refractivity contribution in [2.75, 3.05) is 7.11 Å². The quantitative estimate of drug-likeness (QED) is 0.437. The number of fused-ring (bicyclic) bond motifs is 2. The van der Waals surface area contributed by atoms with E-state index in [0.29, 0.717) is 5.56 Å². The lowest BCUT2D eigenvalue weighted by Crippen LogP contribution is -2.21. The molecule has 0 fully saturated rings. The molecule has 4 rings (SSSR count). The molecule has 0 atom stereocenters. The molecule has 3 aromatic carbocycles. The van der Waals surface area contributed by atoms with Crippen LogP contribution in [0.4, 0.5) is 5.69 Å². The lowest BCUT2D eigenvalue weighted by Gasteiger charge is -2.09. The van der Waals surface area contributed by atoms with Crippen LogP contribution in [0.5, 0.6) is 0 Å². The van der Waals surface area contributed by atoms with Gasteiger partial charge >= 0.3 is 0 Å². The zero-order valence-corrected chi connectivity index (χ0v) is 16.8. The van der Waals surface area contributed by atoms with Crippen LogP contribution >= 0.6 is 27.7 Å². The molecule has 0 radical (unpaired) electrons. The van der Waals surface area contributed by atoms with Crippen LogP contribution < -0.4 is 5.48 Å². The minimum absolute atomic E-state index is 0.300. The Morgan fingerprint density at radius 2 is 1.89 bits per heavy atom. The van der Waals surface area contributed by atoms with E-state index in [0.717, 1.165) is 36.8 Å². The zero-order chi connectivity index (χ0) is 18.8. The minimum Gasteiger partial charge on any atom is -0.277 e. The number of hydroxylamine groups is 1. The van der Waals surface area contributed by atoms with E-state index in [2.05, 4.69) is 33.5 Å². The Morgan fingerprint density at radius 1 is 1.04 bits per heavy atom. The monoisotopic (exact) mass is 438 g/mol. The van der Waals surface area contributed by atoms with Gasteiger partial charge in [-0.05, 0) is 36.4 Å². The number of hydrogen-bond donors (Lipinski definition) is 1. The Kier molecular flexibility index (Phi) is 5.11. The van der Waals surface area contributed by atoms with Gasteiger partial charge in [-0.15, -0.1) is 0 Å². The molecule has 0 aromatic heterocycles. The highest BCUT2D eigenvalue weighted by atomic mass is 79.9. The molecule has 0 spiro atoms. The second-order valence-corrected chi connectivity index (χ2v) is 7.89. The molecular weight excluding hydrogens is 424 g/mol. The third-order valence-electron chi connectivity index (χ3n) is 4.11. The third kappa shape index (κ3) is 3.69. The van der Waals surface area contributed by atoms with Crippen molar-refractivity contribution >= 4 is 45.0 Å². The predicted molar refractivity (Wildman–Crippen MR) is 111 cm³/mol. The Balaban J connectivity index is 1.91. The Morgan fingerprint density at radius 3 is 2.70 bits per heavy atom. The van der Waals surface area contributed by atoms with Crippen LogP contribution in [0.1, 0.15) is 21.5 Å². The molecule has 6 heteroatoms. The largest absolute Gasteiger partial charge is 0.277 e. The first-order valence-corrected chi connectivity index (χ1v) is 9.86. The summed E-state index contributed by atoms with van der Waals surface area (Å²) in [5.74, 6) is -0.300. The Hall–Kier alpha value is -2.41. The lowest BCUT2D eigenvalue weighted by atomic mass is 10.0. The van der Waals surface area contributed by atoms with E-state index >= 15 is 0 Å². The molecule has 3 aromatic rings. The van der Waals surface area contributed by atoms with Crippen molar-refractivity contribution in [1.29, 1.82) is 0 Å². The van der Waals surface area contributed by atoms with Crippen LogP contribution in [-0.4, -0.2) is 18.7 Å². The zero-order valence-electron chi connectivity index (χ0n) is 14.4. The van der Waals surface area contributed by atoms with Gasteiger partial charge in [-0.25, -0.2) is 10.5 Å². The smallest absolute Gasteiger partial charge is 0.274 e. The summed E-state index contributed by atoms with van der Waals surface area (Å²) in [5.41, 5.74) is 6.57. The molecule has 1 aliphatic rings. The van der Waals surface area contributed by atoms with Crippen molar-refractivity contribution in [3.63, 3.8) is 0 Å². The van der Waals surface area contributed by atoms with Crippen molar-refractivity contribution in [3.05, 3.63) is 87.9 Å². The molecule has 0 bridgehead atoms. The highest BCUT2D eigenvalue weighted by Crippen LogP contribution is 2.41. The molecule has 0 aliphatic carbocycles. The van der Waals surface area contributed by atoms with Crippen LogP contribution in [-0.2, 0) is 4.84 Å². The normalized spacial score (nSPS) is 12.4. The number of amides is 1. The number of rotatable bonds is 3. The van der Waals surface area contributed by atoms with Gasteiger partial charge in [0, 0.05) is 31.0 Å². The second-order valence-electron chi connectivity index (χ2n) is 5.89. The summed E-state index contributed by atoms with van der Waals surface area (Å²) in [6, 6.07) is 21.8. The number of aliphatic imine (C=N–C) groups is 1. The fraction of sp³-hybridized carbons (Fsp3) is 0.0476. The maximum Gasteiger partial charge on any atom is 0.274 e. The van der Waals surface area contributed by atoms with Gasteiger partial charge in [0.25, 0.3) is 5.91 Å².